The molecule has 2 fully saturated rings. The first-order valence-electron chi connectivity index (χ1n) is 14.1. The van der Waals surface area contributed by atoms with Crippen molar-refractivity contribution in [2.75, 3.05) is 11.9 Å². The van der Waals surface area contributed by atoms with Crippen LogP contribution in [0, 0.1) is 18.8 Å². The van der Waals surface area contributed by atoms with Crippen molar-refractivity contribution in [3.8, 4) is 0 Å². The van der Waals surface area contributed by atoms with Crippen LogP contribution in [0.15, 0.2) is 48.5 Å². The minimum Gasteiger partial charge on any atom is -0.481 e. The predicted octanol–water partition coefficient (Wildman–Crippen LogP) is 6.37. The number of amides is 3. The minimum absolute atomic E-state index is 0.0896. The van der Waals surface area contributed by atoms with Gasteiger partial charge in [0.2, 0.25) is 0 Å². The van der Waals surface area contributed by atoms with Crippen molar-refractivity contribution in [1.82, 2.24) is 10.2 Å². The Kier molecular flexibility index (Phi) is 9.79. The molecule has 2 aliphatic rings. The smallest absolute Gasteiger partial charge is 0.322 e. The van der Waals surface area contributed by atoms with Gasteiger partial charge in [0.05, 0.1) is 6.42 Å². The third kappa shape index (κ3) is 7.83. The lowest BCUT2D eigenvalue weighted by Gasteiger charge is -2.40. The fourth-order valence-electron chi connectivity index (χ4n) is 6.12. The molecule has 2 saturated carbocycles. The van der Waals surface area contributed by atoms with Gasteiger partial charge in [-0.15, -0.1) is 0 Å². The van der Waals surface area contributed by atoms with Gasteiger partial charge in [-0.2, -0.15) is 0 Å². The van der Waals surface area contributed by atoms with Gasteiger partial charge >= 0.3 is 12.0 Å². The number of carboxylic acids is 1. The second-order valence-electron chi connectivity index (χ2n) is 11.0. The number of benzene rings is 2. The van der Waals surface area contributed by atoms with Crippen LogP contribution in [0.2, 0.25) is 0 Å². The summed E-state index contributed by atoms with van der Waals surface area (Å²) in [5.74, 6) is 0.394. The van der Waals surface area contributed by atoms with Gasteiger partial charge in [0.25, 0.3) is 5.91 Å². The Labute approximate surface area is 226 Å². The molecule has 38 heavy (non-hydrogen) atoms. The molecule has 0 saturated heterocycles. The molecule has 2 aromatic carbocycles. The van der Waals surface area contributed by atoms with Gasteiger partial charge in [-0.05, 0) is 79.8 Å². The highest BCUT2D eigenvalue weighted by Gasteiger charge is 2.32. The van der Waals surface area contributed by atoms with Gasteiger partial charge in [-0.3, -0.25) is 9.59 Å². The molecule has 0 aromatic heterocycles. The maximum Gasteiger partial charge on any atom is 0.322 e. The third-order valence-corrected chi connectivity index (χ3v) is 8.22. The largest absolute Gasteiger partial charge is 0.481 e. The summed E-state index contributed by atoms with van der Waals surface area (Å²) in [6.45, 7) is 2.57. The standard InChI is InChI=1S/C31H41N3O4/c1-22-6-5-9-27(20-22)33-31(38)34(28-16-14-25(15-17-28)24-7-3-2-4-8-24)21-23-10-12-26(13-11-23)30(37)32-19-18-29(35)36/h5-6,9-13,20,24-25,28H,2-4,7-8,14-19,21H2,1H3,(H,32,37)(H,33,38)(H,35,36). The van der Waals surface area contributed by atoms with E-state index in [1.807, 2.05) is 48.2 Å². The van der Waals surface area contributed by atoms with Crippen molar-refractivity contribution >= 4 is 23.6 Å². The van der Waals surface area contributed by atoms with E-state index in [-0.39, 0.29) is 30.9 Å². The number of hydrogen-bond donors (Lipinski definition) is 3. The molecule has 4 rings (SSSR count). The van der Waals surface area contributed by atoms with Gasteiger partial charge in [-0.1, -0.05) is 56.4 Å². The van der Waals surface area contributed by atoms with Crippen LogP contribution in [0.3, 0.4) is 0 Å². The zero-order valence-electron chi connectivity index (χ0n) is 22.5. The van der Waals surface area contributed by atoms with Crippen molar-refractivity contribution in [3.05, 3.63) is 65.2 Å². The average Bonchev–Trinajstić information content (AvgIpc) is 2.92. The molecular formula is C31H41N3O4. The van der Waals surface area contributed by atoms with E-state index in [0.29, 0.717) is 12.1 Å². The molecule has 3 N–H and O–H groups in total. The average molecular weight is 520 g/mol. The lowest BCUT2D eigenvalue weighted by Crippen LogP contribution is -2.44. The summed E-state index contributed by atoms with van der Waals surface area (Å²) >= 11 is 0. The number of carboxylic acid groups (broad SMARTS) is 1. The van der Waals surface area contributed by atoms with Crippen molar-refractivity contribution in [3.63, 3.8) is 0 Å². The molecule has 3 amide bonds. The summed E-state index contributed by atoms with van der Waals surface area (Å²) < 4.78 is 0. The molecule has 0 atom stereocenters. The SMILES string of the molecule is Cc1cccc(NC(=O)N(Cc2ccc(C(=O)NCCC(=O)O)cc2)C2CCC(C3CCCCC3)CC2)c1. The van der Waals surface area contributed by atoms with Crippen molar-refractivity contribution in [2.45, 2.75) is 83.7 Å². The number of anilines is 1. The topological polar surface area (TPSA) is 98.7 Å². The Bertz CT molecular complexity index is 1090. The van der Waals surface area contributed by atoms with E-state index >= 15 is 0 Å². The number of rotatable bonds is 9. The van der Waals surface area contributed by atoms with Crippen LogP contribution in [0.1, 0.15) is 85.7 Å². The lowest BCUT2D eigenvalue weighted by molar-refractivity contribution is -0.136. The van der Waals surface area contributed by atoms with E-state index in [0.717, 1.165) is 41.5 Å². The van der Waals surface area contributed by atoms with E-state index in [9.17, 15) is 14.4 Å². The maximum absolute atomic E-state index is 13.6. The fourth-order valence-corrected chi connectivity index (χ4v) is 6.12. The van der Waals surface area contributed by atoms with Gasteiger partial charge in [-0.25, -0.2) is 4.79 Å². The number of carbonyl (C=O) groups is 3. The van der Waals surface area contributed by atoms with Crippen LogP contribution in [-0.4, -0.2) is 40.5 Å². The number of nitrogens with zero attached hydrogens (tertiary/aromatic N) is 1. The Morgan fingerprint density at radius 1 is 0.895 bits per heavy atom. The molecule has 0 aliphatic heterocycles. The first kappa shape index (κ1) is 27.7. The molecule has 0 heterocycles. The molecule has 0 unspecified atom stereocenters. The summed E-state index contributed by atoms with van der Waals surface area (Å²) in [7, 11) is 0. The first-order valence-corrected chi connectivity index (χ1v) is 14.1. The number of hydrogen-bond acceptors (Lipinski definition) is 3. The molecule has 204 valence electrons. The minimum atomic E-state index is -0.947. The summed E-state index contributed by atoms with van der Waals surface area (Å²) in [4.78, 5) is 38.6. The second kappa shape index (κ2) is 13.4. The highest BCUT2D eigenvalue weighted by molar-refractivity contribution is 5.94. The van der Waals surface area contributed by atoms with E-state index in [4.69, 9.17) is 5.11 Å². The summed E-state index contributed by atoms with van der Waals surface area (Å²) in [6.07, 6.45) is 11.1. The molecule has 2 aliphatic carbocycles. The van der Waals surface area contributed by atoms with Crippen LogP contribution in [-0.2, 0) is 11.3 Å². The highest BCUT2D eigenvalue weighted by atomic mass is 16.4. The number of nitrogens with one attached hydrogen (secondary N) is 2. The van der Waals surface area contributed by atoms with Crippen LogP contribution >= 0.6 is 0 Å². The Hall–Kier alpha value is -3.35. The van der Waals surface area contributed by atoms with Gasteiger partial charge in [0.1, 0.15) is 0 Å². The molecule has 2 aromatic rings. The normalized spacial score (nSPS) is 19.9. The summed E-state index contributed by atoms with van der Waals surface area (Å²) in [5, 5.41) is 14.5. The van der Waals surface area contributed by atoms with E-state index in [2.05, 4.69) is 10.6 Å². The van der Waals surface area contributed by atoms with Crippen molar-refractivity contribution < 1.29 is 19.5 Å². The molecule has 7 nitrogen and oxygen atoms in total. The molecular weight excluding hydrogens is 478 g/mol. The van der Waals surface area contributed by atoms with Crippen molar-refractivity contribution in [2.24, 2.45) is 11.8 Å². The van der Waals surface area contributed by atoms with E-state index in [1.165, 1.54) is 44.9 Å². The van der Waals surface area contributed by atoms with Gasteiger partial charge in [0.15, 0.2) is 0 Å². The van der Waals surface area contributed by atoms with Crippen molar-refractivity contribution in [1.29, 1.82) is 0 Å². The summed E-state index contributed by atoms with van der Waals surface area (Å²) in [6, 6.07) is 15.2. The number of aliphatic carboxylic acids is 1. The van der Waals surface area contributed by atoms with Crippen LogP contribution in [0.5, 0.6) is 0 Å². The quantitative estimate of drug-likeness (QED) is 0.358. The molecule has 7 heteroatoms. The van der Waals surface area contributed by atoms with Crippen LogP contribution < -0.4 is 10.6 Å². The predicted molar refractivity (Wildman–Crippen MR) is 149 cm³/mol. The zero-order chi connectivity index (χ0) is 26.9. The van der Waals surface area contributed by atoms with E-state index in [1.54, 1.807) is 12.1 Å². The molecule has 0 spiro atoms. The second-order valence-corrected chi connectivity index (χ2v) is 11.0. The van der Waals surface area contributed by atoms with E-state index < -0.39 is 5.97 Å². The van der Waals surface area contributed by atoms with Crippen LogP contribution in [0.25, 0.3) is 0 Å². The maximum atomic E-state index is 13.6. The number of carbonyl (C=O) groups excluding carboxylic acids is 2. The highest BCUT2D eigenvalue weighted by Crippen LogP contribution is 2.39. The lowest BCUT2D eigenvalue weighted by atomic mass is 9.72. The summed E-state index contributed by atoms with van der Waals surface area (Å²) in [5.41, 5.74) is 3.33. The Morgan fingerprint density at radius 2 is 1.58 bits per heavy atom. The monoisotopic (exact) mass is 519 g/mol. The van der Waals surface area contributed by atoms with Crippen LogP contribution in [0.4, 0.5) is 10.5 Å². The first-order chi connectivity index (χ1) is 18.4. The Balaban J connectivity index is 1.42. The van der Waals surface area contributed by atoms with Gasteiger partial charge in [0, 0.05) is 30.4 Å². The molecule has 0 bridgehead atoms. The third-order valence-electron chi connectivity index (χ3n) is 8.22. The zero-order valence-corrected chi connectivity index (χ0v) is 22.5. The molecule has 0 radical (unpaired) electrons. The number of urea groups is 1. The Morgan fingerprint density at radius 3 is 2.24 bits per heavy atom. The fraction of sp³-hybridized carbons (Fsp3) is 0.516. The number of aryl methyl sites for hydroxylation is 1. The van der Waals surface area contributed by atoms with Gasteiger partial charge < -0.3 is 20.6 Å².